The molecule has 0 saturated carbocycles. The fourth-order valence-corrected chi connectivity index (χ4v) is 4.25. The van der Waals surface area contributed by atoms with E-state index in [4.69, 9.17) is 11.6 Å². The van der Waals surface area contributed by atoms with Gasteiger partial charge in [0, 0.05) is 10.7 Å². The number of carbonyl (C=O) groups excluding carboxylic acids is 1. The summed E-state index contributed by atoms with van der Waals surface area (Å²) in [5, 5.41) is 9.96. The quantitative estimate of drug-likeness (QED) is 0.728. The van der Waals surface area contributed by atoms with E-state index in [0.717, 1.165) is 0 Å². The lowest BCUT2D eigenvalue weighted by molar-refractivity contribution is 0.102. The first kappa shape index (κ1) is 17.5. The van der Waals surface area contributed by atoms with Crippen molar-refractivity contribution in [3.05, 3.63) is 64.4 Å². The number of amides is 1. The van der Waals surface area contributed by atoms with E-state index in [1.807, 2.05) is 0 Å². The highest BCUT2D eigenvalue weighted by Gasteiger charge is 2.25. The van der Waals surface area contributed by atoms with E-state index in [9.17, 15) is 17.6 Å². The molecule has 0 radical (unpaired) electrons. The monoisotopic (exact) mass is 397 g/mol. The Morgan fingerprint density at radius 2 is 1.68 bits per heavy atom. The van der Waals surface area contributed by atoms with Crippen LogP contribution in [0.4, 0.5) is 10.1 Å². The van der Waals surface area contributed by atoms with E-state index in [1.54, 1.807) is 0 Å². The van der Waals surface area contributed by atoms with Crippen molar-refractivity contribution in [3.63, 3.8) is 0 Å². The highest BCUT2D eigenvalue weighted by Crippen LogP contribution is 2.25. The van der Waals surface area contributed by atoms with Crippen LogP contribution in [0, 0.1) is 5.82 Å². The topological polar surface area (TPSA) is 89.0 Å². The second kappa shape index (κ2) is 6.87. The van der Waals surface area contributed by atoms with Crippen LogP contribution in [0.3, 0.4) is 0 Å². The molecule has 128 valence electrons. The van der Waals surface area contributed by atoms with Gasteiger partial charge in [-0.05, 0) is 48.5 Å². The molecule has 1 aromatic heterocycles. The largest absolute Gasteiger partial charge is 0.320 e. The maximum atomic E-state index is 12.9. The predicted molar refractivity (Wildman–Crippen MR) is 91.2 cm³/mol. The average molecular weight is 398 g/mol. The first-order valence-electron chi connectivity index (χ1n) is 6.77. The van der Waals surface area contributed by atoms with Gasteiger partial charge < -0.3 is 5.32 Å². The number of nitrogens with one attached hydrogen (secondary N) is 1. The van der Waals surface area contributed by atoms with Gasteiger partial charge in [-0.1, -0.05) is 22.9 Å². The van der Waals surface area contributed by atoms with Crippen molar-refractivity contribution in [2.75, 3.05) is 5.32 Å². The molecule has 0 atom stereocenters. The summed E-state index contributed by atoms with van der Waals surface area (Å²) >= 11 is 6.38. The fourth-order valence-electron chi connectivity index (χ4n) is 1.84. The van der Waals surface area contributed by atoms with Crippen molar-refractivity contribution in [1.82, 2.24) is 10.2 Å². The summed E-state index contributed by atoms with van der Waals surface area (Å²) in [6.45, 7) is 0. The van der Waals surface area contributed by atoms with Gasteiger partial charge >= 0.3 is 0 Å². The minimum Gasteiger partial charge on any atom is -0.320 e. The Labute approximate surface area is 151 Å². The molecule has 0 aliphatic heterocycles. The highest BCUT2D eigenvalue weighted by atomic mass is 35.5. The van der Waals surface area contributed by atoms with Crippen LogP contribution < -0.4 is 5.32 Å². The maximum absolute atomic E-state index is 12.9. The number of carbonyl (C=O) groups is 1. The summed E-state index contributed by atoms with van der Waals surface area (Å²) in [6.07, 6.45) is 0. The molecule has 6 nitrogen and oxygen atoms in total. The summed E-state index contributed by atoms with van der Waals surface area (Å²) in [5.74, 6) is -1.08. The van der Waals surface area contributed by atoms with Crippen LogP contribution in [0.5, 0.6) is 0 Å². The zero-order chi connectivity index (χ0) is 18.0. The molecule has 3 aromatic rings. The van der Waals surface area contributed by atoms with Crippen LogP contribution in [-0.4, -0.2) is 24.5 Å². The lowest BCUT2D eigenvalue weighted by atomic mass is 10.3. The van der Waals surface area contributed by atoms with Crippen molar-refractivity contribution in [3.8, 4) is 0 Å². The van der Waals surface area contributed by atoms with Gasteiger partial charge in [0.25, 0.3) is 5.91 Å². The van der Waals surface area contributed by atoms with Gasteiger partial charge in [-0.25, -0.2) is 12.8 Å². The van der Waals surface area contributed by atoms with Gasteiger partial charge in [-0.15, -0.1) is 10.2 Å². The highest BCUT2D eigenvalue weighted by molar-refractivity contribution is 7.93. The van der Waals surface area contributed by atoms with E-state index < -0.39 is 21.6 Å². The van der Waals surface area contributed by atoms with Crippen LogP contribution in [0.15, 0.2) is 57.8 Å². The molecule has 10 heteroatoms. The predicted octanol–water partition coefficient (Wildman–Crippen LogP) is 3.42. The zero-order valence-corrected chi connectivity index (χ0v) is 14.7. The third-order valence-electron chi connectivity index (χ3n) is 3.06. The van der Waals surface area contributed by atoms with E-state index in [1.165, 1.54) is 48.5 Å². The number of sulfone groups is 1. The molecule has 0 bridgehead atoms. The van der Waals surface area contributed by atoms with Gasteiger partial charge in [0.05, 0.1) is 4.90 Å². The number of rotatable bonds is 4. The van der Waals surface area contributed by atoms with E-state index in [2.05, 4.69) is 15.5 Å². The third-order valence-corrected chi connectivity index (χ3v) is 6.37. The number of aromatic nitrogens is 2. The molecule has 0 aliphatic carbocycles. The Bertz CT molecular complexity index is 1020. The summed E-state index contributed by atoms with van der Waals surface area (Å²) in [7, 11) is -3.89. The molecule has 0 fully saturated rings. The molecule has 0 aliphatic rings. The average Bonchev–Trinajstić information content (AvgIpc) is 3.08. The standard InChI is InChI=1S/C15H9ClFN3O3S2/c16-9-1-7-12(8-2-9)25(22,23)15-20-19-14(24-15)13(21)18-11-5-3-10(17)4-6-11/h1-8H,(H,18,21). The summed E-state index contributed by atoms with van der Waals surface area (Å²) in [6, 6.07) is 10.7. The first-order valence-corrected chi connectivity index (χ1v) is 9.45. The Hall–Kier alpha value is -2.36. The Morgan fingerprint density at radius 3 is 2.32 bits per heavy atom. The van der Waals surface area contributed by atoms with Crippen molar-refractivity contribution in [1.29, 1.82) is 0 Å². The second-order valence-electron chi connectivity index (χ2n) is 4.79. The number of hydrogen-bond acceptors (Lipinski definition) is 6. The minimum atomic E-state index is -3.89. The number of halogens is 2. The number of hydrogen-bond donors (Lipinski definition) is 1. The summed E-state index contributed by atoms with van der Waals surface area (Å²) in [4.78, 5) is 12.1. The van der Waals surface area contributed by atoms with Crippen molar-refractivity contribution < 1.29 is 17.6 Å². The van der Waals surface area contributed by atoms with Crippen LogP contribution in [0.2, 0.25) is 5.02 Å². The molecule has 0 saturated heterocycles. The zero-order valence-electron chi connectivity index (χ0n) is 12.3. The molecular formula is C15H9ClFN3O3S2. The van der Waals surface area contributed by atoms with Crippen LogP contribution in [-0.2, 0) is 9.84 Å². The summed E-state index contributed by atoms with van der Waals surface area (Å²) in [5.41, 5.74) is 0.351. The molecule has 0 unspecified atom stereocenters. The van der Waals surface area contributed by atoms with E-state index in [-0.39, 0.29) is 14.2 Å². The van der Waals surface area contributed by atoms with Crippen molar-refractivity contribution in [2.45, 2.75) is 9.24 Å². The van der Waals surface area contributed by atoms with E-state index in [0.29, 0.717) is 22.0 Å². The SMILES string of the molecule is O=C(Nc1ccc(F)cc1)c1nnc(S(=O)(=O)c2ccc(Cl)cc2)s1. The molecule has 2 aromatic carbocycles. The third kappa shape index (κ3) is 3.84. The Kier molecular flexibility index (Phi) is 4.80. The van der Waals surface area contributed by atoms with Crippen molar-refractivity contribution >= 4 is 44.4 Å². The normalized spacial score (nSPS) is 11.3. The first-order chi connectivity index (χ1) is 11.9. The smallest absolute Gasteiger partial charge is 0.286 e. The second-order valence-corrected chi connectivity index (χ2v) is 8.33. The Balaban J connectivity index is 1.82. The van der Waals surface area contributed by atoms with Crippen LogP contribution in [0.25, 0.3) is 0 Å². The van der Waals surface area contributed by atoms with Gasteiger partial charge in [-0.3, -0.25) is 4.79 Å². The molecule has 1 amide bonds. The molecule has 1 heterocycles. The van der Waals surface area contributed by atoms with E-state index >= 15 is 0 Å². The number of benzene rings is 2. The molecule has 0 spiro atoms. The minimum absolute atomic E-state index is 0.00135. The number of nitrogens with zero attached hydrogens (tertiary/aromatic N) is 2. The maximum Gasteiger partial charge on any atom is 0.286 e. The van der Waals surface area contributed by atoms with Crippen LogP contribution >= 0.6 is 22.9 Å². The van der Waals surface area contributed by atoms with Crippen molar-refractivity contribution in [2.24, 2.45) is 0 Å². The molecular weight excluding hydrogens is 389 g/mol. The molecule has 3 rings (SSSR count). The van der Waals surface area contributed by atoms with Gasteiger partial charge in [0.15, 0.2) is 0 Å². The van der Waals surface area contributed by atoms with Crippen LogP contribution in [0.1, 0.15) is 9.80 Å². The van der Waals surface area contributed by atoms with Gasteiger partial charge in [0.1, 0.15) is 5.82 Å². The number of anilines is 1. The fraction of sp³-hybridized carbons (Fsp3) is 0. The van der Waals surface area contributed by atoms with Gasteiger partial charge in [-0.2, -0.15) is 0 Å². The molecule has 1 N–H and O–H groups in total. The summed E-state index contributed by atoms with van der Waals surface area (Å²) < 4.78 is 37.5. The lowest BCUT2D eigenvalue weighted by Gasteiger charge is -2.01. The van der Waals surface area contributed by atoms with Gasteiger partial charge in [0.2, 0.25) is 19.2 Å². The Morgan fingerprint density at radius 1 is 1.04 bits per heavy atom. The molecule has 25 heavy (non-hydrogen) atoms. The lowest BCUT2D eigenvalue weighted by Crippen LogP contribution is -2.11.